The summed E-state index contributed by atoms with van der Waals surface area (Å²) >= 11 is 0. The summed E-state index contributed by atoms with van der Waals surface area (Å²) in [6.45, 7) is 4.01. The summed E-state index contributed by atoms with van der Waals surface area (Å²) in [5.41, 5.74) is 1.27. The Balaban J connectivity index is 1.51. The molecule has 156 valence electrons. The molecule has 2 N–H and O–H groups in total. The quantitative estimate of drug-likeness (QED) is 0.657. The first-order chi connectivity index (χ1) is 14.3. The molecule has 3 aromatic rings. The number of carbonyl (C=O) groups excluding carboxylic acids is 1. The molecule has 2 fully saturated rings. The molecule has 0 bridgehead atoms. The van der Waals surface area contributed by atoms with Gasteiger partial charge >= 0.3 is 0 Å². The summed E-state index contributed by atoms with van der Waals surface area (Å²) < 4.78 is 28.3. The van der Waals surface area contributed by atoms with E-state index < -0.39 is 16.1 Å². The second kappa shape index (κ2) is 6.65. The van der Waals surface area contributed by atoms with Crippen molar-refractivity contribution in [3.8, 4) is 0 Å². The highest BCUT2D eigenvalue weighted by molar-refractivity contribution is 7.90. The molecule has 0 unspecified atom stereocenters. The standard InChI is InChI=1S/C22H24N4O3S/c1-14(24-21(27)17-11-22(2)12-20(22)25-17)19-10-15-13-23-9-8-18(15)26(19)30(28,29)16-6-4-3-5-7-16/h3-10,13-14,17,20,25H,11-12H2,1-2H3,(H,24,27)/t14-,17+,20+,22-/m1/s1. The first-order valence-corrected chi connectivity index (χ1v) is 11.6. The fourth-order valence-electron chi connectivity index (χ4n) is 4.54. The minimum Gasteiger partial charge on any atom is -0.347 e. The topological polar surface area (TPSA) is 93.1 Å². The SMILES string of the molecule is C[C@@H](NC(=O)[C@@H]1C[C@]2(C)C[C@@H]2N1)c1cc2cnccc2n1S(=O)(=O)c1ccccc1. The Morgan fingerprint density at radius 1 is 1.27 bits per heavy atom. The number of benzene rings is 1. The minimum atomic E-state index is -3.84. The van der Waals surface area contributed by atoms with Crippen molar-refractivity contribution < 1.29 is 13.2 Å². The van der Waals surface area contributed by atoms with E-state index >= 15 is 0 Å². The number of piperidine rings is 1. The Morgan fingerprint density at radius 3 is 2.73 bits per heavy atom. The highest BCUT2D eigenvalue weighted by Crippen LogP contribution is 2.53. The van der Waals surface area contributed by atoms with Crippen LogP contribution in [-0.4, -0.2) is 35.4 Å². The number of carbonyl (C=O) groups is 1. The fourth-order valence-corrected chi connectivity index (χ4v) is 6.16. The summed E-state index contributed by atoms with van der Waals surface area (Å²) in [7, 11) is -3.84. The summed E-state index contributed by atoms with van der Waals surface area (Å²) in [6.07, 6.45) is 5.13. The summed E-state index contributed by atoms with van der Waals surface area (Å²) in [5.74, 6) is -0.0945. The molecule has 1 saturated carbocycles. The number of nitrogens with zero attached hydrogens (tertiary/aromatic N) is 2. The first-order valence-electron chi connectivity index (χ1n) is 10.1. The average molecular weight is 425 g/mol. The molecule has 3 heterocycles. The Morgan fingerprint density at radius 2 is 2.03 bits per heavy atom. The van der Waals surface area contributed by atoms with E-state index in [2.05, 4.69) is 22.5 Å². The van der Waals surface area contributed by atoms with Gasteiger partial charge in [-0.2, -0.15) is 0 Å². The molecule has 4 atom stereocenters. The lowest BCUT2D eigenvalue weighted by Crippen LogP contribution is -2.43. The molecule has 0 spiro atoms. The predicted molar refractivity (Wildman–Crippen MR) is 113 cm³/mol. The van der Waals surface area contributed by atoms with Gasteiger partial charge in [-0.25, -0.2) is 12.4 Å². The number of fused-ring (bicyclic) bond motifs is 2. The van der Waals surface area contributed by atoms with Gasteiger partial charge in [-0.15, -0.1) is 0 Å². The van der Waals surface area contributed by atoms with E-state index in [1.807, 2.05) is 6.92 Å². The van der Waals surface area contributed by atoms with Gasteiger partial charge in [0.2, 0.25) is 5.91 Å². The van der Waals surface area contributed by atoms with Crippen LogP contribution in [0.25, 0.3) is 10.9 Å². The molecule has 8 heteroatoms. The van der Waals surface area contributed by atoms with Gasteiger partial charge in [-0.05, 0) is 49.4 Å². The van der Waals surface area contributed by atoms with Crippen LogP contribution in [0.2, 0.25) is 0 Å². The molecule has 0 radical (unpaired) electrons. The number of amides is 1. The summed E-state index contributed by atoms with van der Waals surface area (Å²) in [6, 6.07) is 11.5. The van der Waals surface area contributed by atoms with Crippen LogP contribution in [-0.2, 0) is 14.8 Å². The van der Waals surface area contributed by atoms with Crippen molar-refractivity contribution in [2.75, 3.05) is 0 Å². The Bertz CT molecular complexity index is 1240. The van der Waals surface area contributed by atoms with E-state index in [1.54, 1.807) is 54.9 Å². The molecular weight excluding hydrogens is 400 g/mol. The number of aromatic nitrogens is 2. The molecule has 30 heavy (non-hydrogen) atoms. The van der Waals surface area contributed by atoms with Gasteiger partial charge < -0.3 is 10.6 Å². The van der Waals surface area contributed by atoms with Crippen LogP contribution in [0.5, 0.6) is 0 Å². The zero-order chi connectivity index (χ0) is 21.1. The van der Waals surface area contributed by atoms with E-state index in [0.29, 0.717) is 22.6 Å². The Kier molecular flexibility index (Phi) is 4.27. The first kappa shape index (κ1) is 19.3. The fraction of sp³-hybridized carbons (Fsp3) is 0.364. The van der Waals surface area contributed by atoms with E-state index in [4.69, 9.17) is 0 Å². The summed E-state index contributed by atoms with van der Waals surface area (Å²) in [4.78, 5) is 17.2. The van der Waals surface area contributed by atoms with Crippen LogP contribution < -0.4 is 10.6 Å². The van der Waals surface area contributed by atoms with Crippen molar-refractivity contribution in [3.05, 3.63) is 60.6 Å². The van der Waals surface area contributed by atoms with Crippen LogP contribution in [0.4, 0.5) is 0 Å². The third-order valence-corrected chi connectivity index (χ3v) is 8.17. The van der Waals surface area contributed by atoms with Gasteiger partial charge in [0.05, 0.1) is 28.2 Å². The molecule has 1 amide bonds. The van der Waals surface area contributed by atoms with Gasteiger partial charge in [0.1, 0.15) is 0 Å². The van der Waals surface area contributed by atoms with Crippen molar-refractivity contribution in [2.45, 2.75) is 49.7 Å². The molecule has 1 aliphatic carbocycles. The molecular formula is C22H24N4O3S. The molecule has 2 aliphatic rings. The van der Waals surface area contributed by atoms with Gasteiger partial charge in [0.25, 0.3) is 10.0 Å². The maximum absolute atomic E-state index is 13.5. The van der Waals surface area contributed by atoms with E-state index in [-0.39, 0.29) is 22.3 Å². The van der Waals surface area contributed by atoms with Crippen molar-refractivity contribution in [1.82, 2.24) is 19.6 Å². The van der Waals surface area contributed by atoms with Crippen LogP contribution in [0, 0.1) is 5.41 Å². The number of hydrogen-bond acceptors (Lipinski definition) is 5. The van der Waals surface area contributed by atoms with E-state index in [9.17, 15) is 13.2 Å². The predicted octanol–water partition coefficient (Wildman–Crippen LogP) is 2.59. The Hall–Kier alpha value is -2.71. The highest BCUT2D eigenvalue weighted by Gasteiger charge is 2.58. The van der Waals surface area contributed by atoms with Crippen LogP contribution in [0.1, 0.15) is 38.4 Å². The van der Waals surface area contributed by atoms with E-state index in [0.717, 1.165) is 12.8 Å². The molecule has 2 aromatic heterocycles. The zero-order valence-corrected chi connectivity index (χ0v) is 17.7. The maximum Gasteiger partial charge on any atom is 0.268 e. The molecule has 1 aromatic carbocycles. The highest BCUT2D eigenvalue weighted by atomic mass is 32.2. The zero-order valence-electron chi connectivity index (χ0n) is 16.9. The third kappa shape index (κ3) is 3.02. The van der Waals surface area contributed by atoms with Crippen LogP contribution in [0.15, 0.2) is 59.8 Å². The number of nitrogens with one attached hydrogen (secondary N) is 2. The van der Waals surface area contributed by atoms with Gasteiger partial charge in [0.15, 0.2) is 0 Å². The molecule has 5 rings (SSSR count). The third-order valence-electron chi connectivity index (χ3n) is 6.41. The normalized spacial score (nSPS) is 26.3. The lowest BCUT2D eigenvalue weighted by molar-refractivity contribution is -0.123. The molecule has 7 nitrogen and oxygen atoms in total. The van der Waals surface area contributed by atoms with Crippen LogP contribution in [0.3, 0.4) is 0 Å². The molecule has 1 saturated heterocycles. The van der Waals surface area contributed by atoms with Crippen LogP contribution >= 0.6 is 0 Å². The average Bonchev–Trinajstić information content (AvgIpc) is 3.07. The van der Waals surface area contributed by atoms with Crippen molar-refractivity contribution in [1.29, 1.82) is 0 Å². The number of hydrogen-bond donors (Lipinski definition) is 2. The van der Waals surface area contributed by atoms with Gasteiger partial charge in [-0.1, -0.05) is 25.1 Å². The maximum atomic E-state index is 13.5. The monoisotopic (exact) mass is 424 g/mol. The smallest absolute Gasteiger partial charge is 0.268 e. The number of pyridine rings is 1. The van der Waals surface area contributed by atoms with Crippen molar-refractivity contribution >= 4 is 26.8 Å². The van der Waals surface area contributed by atoms with Crippen molar-refractivity contribution in [2.24, 2.45) is 5.41 Å². The molecule has 1 aliphatic heterocycles. The van der Waals surface area contributed by atoms with Gasteiger partial charge in [0, 0.05) is 23.8 Å². The minimum absolute atomic E-state index is 0.0945. The summed E-state index contributed by atoms with van der Waals surface area (Å²) in [5, 5.41) is 7.10. The van der Waals surface area contributed by atoms with Gasteiger partial charge in [-0.3, -0.25) is 9.78 Å². The largest absolute Gasteiger partial charge is 0.347 e. The lowest BCUT2D eigenvalue weighted by Gasteiger charge is -2.21. The second-order valence-electron chi connectivity index (χ2n) is 8.65. The number of rotatable bonds is 5. The van der Waals surface area contributed by atoms with E-state index in [1.165, 1.54) is 3.97 Å². The van der Waals surface area contributed by atoms with Crippen molar-refractivity contribution in [3.63, 3.8) is 0 Å². The second-order valence-corrected chi connectivity index (χ2v) is 10.4. The lowest BCUT2D eigenvalue weighted by atomic mass is 10.0. The Labute approximate surface area is 175 Å².